The lowest BCUT2D eigenvalue weighted by Gasteiger charge is -2.22. The van der Waals surface area contributed by atoms with Gasteiger partial charge in [0.05, 0.1) is 58.1 Å². The molecule has 0 fully saturated rings. The first kappa shape index (κ1) is 62.7. The minimum Gasteiger partial charge on any atom is -0.465 e. The van der Waals surface area contributed by atoms with E-state index in [0.717, 1.165) is 122 Å². The molecule has 1 N–H and O–H groups in total. The van der Waals surface area contributed by atoms with E-state index in [1.54, 1.807) is 0 Å². The fourth-order valence-corrected chi connectivity index (χ4v) is 8.64. The van der Waals surface area contributed by atoms with Gasteiger partial charge >= 0.3 is 11.9 Å². The van der Waals surface area contributed by atoms with Gasteiger partial charge in [0.25, 0.3) is 0 Å². The van der Waals surface area contributed by atoms with E-state index in [0.29, 0.717) is 46.2 Å². The van der Waals surface area contributed by atoms with Crippen molar-refractivity contribution in [3.8, 4) is 0 Å². The molecule has 0 aromatic carbocycles. The minimum absolute atomic E-state index is 0.0477. The van der Waals surface area contributed by atoms with Gasteiger partial charge in [0.2, 0.25) is 0 Å². The summed E-state index contributed by atoms with van der Waals surface area (Å²) >= 11 is 0. The SMILES string of the molecule is CCCCCCCCC(CCCCCCCC)C(=O)OCCCCCCN(CCCCCCOC(=O)C(CCCCCCCC)CCCCCCCC)CCOCCOCCOCO. The summed E-state index contributed by atoms with van der Waals surface area (Å²) < 4.78 is 28.1. The second-order valence-corrected chi connectivity index (χ2v) is 18.9. The van der Waals surface area contributed by atoms with Crippen LogP contribution in [-0.4, -0.2) is 94.6 Å². The van der Waals surface area contributed by atoms with Gasteiger partial charge in [-0.15, -0.1) is 0 Å². The zero-order valence-corrected chi connectivity index (χ0v) is 43.1. The monoisotopic (exact) mass is 912 g/mol. The number of unbranched alkanes of at least 4 members (excludes halogenated alkanes) is 26. The van der Waals surface area contributed by atoms with Crippen molar-refractivity contribution in [1.82, 2.24) is 4.90 Å². The molecule has 0 atom stereocenters. The van der Waals surface area contributed by atoms with Crippen LogP contribution in [-0.2, 0) is 33.3 Å². The van der Waals surface area contributed by atoms with Gasteiger partial charge in [0, 0.05) is 6.54 Å². The maximum Gasteiger partial charge on any atom is 0.308 e. The van der Waals surface area contributed by atoms with Crippen LogP contribution in [0.5, 0.6) is 0 Å². The maximum atomic E-state index is 13.2. The van der Waals surface area contributed by atoms with E-state index in [1.807, 2.05) is 0 Å². The van der Waals surface area contributed by atoms with Crippen molar-refractivity contribution in [3.05, 3.63) is 0 Å². The van der Waals surface area contributed by atoms with E-state index in [9.17, 15) is 9.59 Å². The third kappa shape index (κ3) is 44.6. The molecule has 0 aliphatic rings. The van der Waals surface area contributed by atoms with Crippen molar-refractivity contribution in [2.75, 3.05) is 72.7 Å². The molecule has 9 heteroatoms. The topological polar surface area (TPSA) is 104 Å². The lowest BCUT2D eigenvalue weighted by Crippen LogP contribution is -2.30. The molecule has 0 spiro atoms. The molecule has 0 aromatic heterocycles. The van der Waals surface area contributed by atoms with E-state index in [-0.39, 0.29) is 30.6 Å². The first-order chi connectivity index (χ1) is 31.5. The lowest BCUT2D eigenvalue weighted by atomic mass is 9.94. The van der Waals surface area contributed by atoms with Crippen LogP contribution in [0.2, 0.25) is 0 Å². The van der Waals surface area contributed by atoms with Gasteiger partial charge in [-0.25, -0.2) is 0 Å². The molecule has 64 heavy (non-hydrogen) atoms. The number of nitrogens with zero attached hydrogens (tertiary/aromatic N) is 1. The molecule has 0 rings (SSSR count). The molecule has 0 saturated carbocycles. The predicted molar refractivity (Wildman–Crippen MR) is 269 cm³/mol. The van der Waals surface area contributed by atoms with Crippen LogP contribution < -0.4 is 0 Å². The number of ether oxygens (including phenoxy) is 5. The Kier molecular flexibility index (Phi) is 51.7. The van der Waals surface area contributed by atoms with Gasteiger partial charge in [-0.3, -0.25) is 9.59 Å². The average molecular weight is 912 g/mol. The number of carbonyl (C=O) groups is 2. The van der Waals surface area contributed by atoms with Crippen LogP contribution in [0.15, 0.2) is 0 Å². The van der Waals surface area contributed by atoms with E-state index < -0.39 is 0 Å². The zero-order valence-electron chi connectivity index (χ0n) is 43.1. The number of aliphatic hydroxyl groups excluding tert-OH is 1. The maximum absolute atomic E-state index is 13.2. The first-order valence-corrected chi connectivity index (χ1v) is 27.9. The Labute approximate surface area is 397 Å². The molecule has 0 amide bonds. The molecule has 0 aliphatic heterocycles. The molecule has 382 valence electrons. The molecule has 0 aromatic rings. The minimum atomic E-state index is -0.283. The summed E-state index contributed by atoms with van der Waals surface area (Å²) in [7, 11) is 0. The average Bonchev–Trinajstić information content (AvgIpc) is 3.30. The molecule has 0 aliphatic carbocycles. The van der Waals surface area contributed by atoms with Crippen molar-refractivity contribution in [2.45, 2.75) is 259 Å². The van der Waals surface area contributed by atoms with Crippen molar-refractivity contribution < 1.29 is 38.4 Å². The quantitative estimate of drug-likeness (QED) is 0.0363. The molecule has 0 bridgehead atoms. The molecule has 9 nitrogen and oxygen atoms in total. The van der Waals surface area contributed by atoms with Crippen molar-refractivity contribution in [2.24, 2.45) is 11.8 Å². The molecule has 0 saturated heterocycles. The van der Waals surface area contributed by atoms with Gasteiger partial charge in [0.1, 0.15) is 6.79 Å². The van der Waals surface area contributed by atoms with Gasteiger partial charge in [-0.2, -0.15) is 0 Å². The molecular weight excluding hydrogens is 803 g/mol. The second kappa shape index (κ2) is 52.7. The van der Waals surface area contributed by atoms with Crippen LogP contribution in [0.4, 0.5) is 0 Å². The van der Waals surface area contributed by atoms with Crippen LogP contribution in [0.1, 0.15) is 259 Å². The van der Waals surface area contributed by atoms with Gasteiger partial charge in [0.15, 0.2) is 0 Å². The smallest absolute Gasteiger partial charge is 0.308 e. The molecular formula is C55H109NO8. The Morgan fingerprint density at radius 1 is 0.344 bits per heavy atom. The summed E-state index contributed by atoms with van der Waals surface area (Å²) in [5.74, 6) is 0.238. The summed E-state index contributed by atoms with van der Waals surface area (Å²) in [6.45, 7) is 15.4. The highest BCUT2D eigenvalue weighted by Gasteiger charge is 2.20. The standard InChI is InChI=1S/C55H109NO8/c1-5-9-13-17-21-29-37-52(38-30-22-18-14-10-6-2)54(58)63-44-35-27-25-33-41-56(43-46-60-47-48-61-49-50-62-51-57)42-34-26-28-36-45-64-55(59)53(39-31-23-19-15-11-7-3)40-32-24-20-16-12-8-4/h52-53,57H,5-51H2,1-4H3. The summed E-state index contributed by atoms with van der Waals surface area (Å²) in [4.78, 5) is 28.9. The van der Waals surface area contributed by atoms with E-state index in [1.165, 1.54) is 128 Å². The van der Waals surface area contributed by atoms with Crippen molar-refractivity contribution in [3.63, 3.8) is 0 Å². The highest BCUT2D eigenvalue weighted by atomic mass is 16.6. The van der Waals surface area contributed by atoms with Gasteiger partial charge < -0.3 is 33.7 Å². The number of hydrogen-bond donors (Lipinski definition) is 1. The van der Waals surface area contributed by atoms with Crippen LogP contribution in [0.25, 0.3) is 0 Å². The van der Waals surface area contributed by atoms with E-state index in [2.05, 4.69) is 32.6 Å². The predicted octanol–water partition coefficient (Wildman–Crippen LogP) is 14.7. The highest BCUT2D eigenvalue weighted by molar-refractivity contribution is 5.72. The second-order valence-electron chi connectivity index (χ2n) is 18.9. The Hall–Kier alpha value is -1.26. The number of aliphatic hydroxyl groups is 1. The van der Waals surface area contributed by atoms with Crippen molar-refractivity contribution in [1.29, 1.82) is 0 Å². The number of hydrogen-bond acceptors (Lipinski definition) is 9. The van der Waals surface area contributed by atoms with Gasteiger partial charge in [-0.1, -0.05) is 207 Å². The third-order valence-electron chi connectivity index (χ3n) is 12.9. The summed E-state index contributed by atoms with van der Waals surface area (Å²) in [5, 5.41) is 8.75. The number of rotatable bonds is 54. The van der Waals surface area contributed by atoms with E-state index in [4.69, 9.17) is 28.8 Å². The van der Waals surface area contributed by atoms with Gasteiger partial charge in [-0.05, 0) is 64.5 Å². The van der Waals surface area contributed by atoms with Crippen LogP contribution >= 0.6 is 0 Å². The van der Waals surface area contributed by atoms with E-state index >= 15 is 0 Å². The Morgan fingerprint density at radius 2 is 0.641 bits per heavy atom. The summed E-state index contributed by atoms with van der Waals surface area (Å²) in [5.41, 5.74) is 0. The largest absolute Gasteiger partial charge is 0.465 e. The number of carbonyl (C=O) groups excluding carboxylic acids is 2. The zero-order chi connectivity index (χ0) is 46.7. The lowest BCUT2D eigenvalue weighted by molar-refractivity contribution is -0.150. The Bertz CT molecular complexity index is 844. The number of esters is 2. The molecule has 0 radical (unpaired) electrons. The summed E-state index contributed by atoms with van der Waals surface area (Å²) in [6, 6.07) is 0. The highest BCUT2D eigenvalue weighted by Crippen LogP contribution is 2.23. The summed E-state index contributed by atoms with van der Waals surface area (Å²) in [6.07, 6.45) is 42.7. The van der Waals surface area contributed by atoms with Crippen molar-refractivity contribution >= 4 is 11.9 Å². The molecule has 0 heterocycles. The third-order valence-corrected chi connectivity index (χ3v) is 12.9. The Balaban J connectivity index is 4.72. The fraction of sp³-hybridized carbons (Fsp3) is 0.964. The fourth-order valence-electron chi connectivity index (χ4n) is 8.64. The van der Waals surface area contributed by atoms with Crippen LogP contribution in [0.3, 0.4) is 0 Å². The molecule has 0 unspecified atom stereocenters. The van der Waals surface area contributed by atoms with Crippen LogP contribution in [0, 0.1) is 11.8 Å². The normalized spacial score (nSPS) is 11.8. The Morgan fingerprint density at radius 3 is 1.00 bits per heavy atom. The first-order valence-electron chi connectivity index (χ1n) is 27.9.